The molecule has 0 saturated heterocycles. The van der Waals surface area contributed by atoms with E-state index in [1.165, 1.54) is 14.2 Å². The fourth-order valence-electron chi connectivity index (χ4n) is 2.18. The predicted molar refractivity (Wildman–Crippen MR) is 83.2 cm³/mol. The minimum Gasteiger partial charge on any atom is -0.493 e. The molecule has 0 spiro atoms. The number of ether oxygens (including phenoxy) is 2. The van der Waals surface area contributed by atoms with Crippen LogP contribution in [0.25, 0.3) is 0 Å². The van der Waals surface area contributed by atoms with Gasteiger partial charge in [0.25, 0.3) is 5.91 Å². The first-order valence-electron chi connectivity index (χ1n) is 7.10. The Morgan fingerprint density at radius 3 is 2.65 bits per heavy atom. The van der Waals surface area contributed by atoms with E-state index >= 15 is 0 Å². The molecule has 0 atom stereocenters. The number of nitrogens with zero attached hydrogens (tertiary/aromatic N) is 2. The highest BCUT2D eigenvalue weighted by Crippen LogP contribution is 2.28. The third-order valence-corrected chi connectivity index (χ3v) is 3.34. The highest BCUT2D eigenvalue weighted by atomic mass is 16.5. The van der Waals surface area contributed by atoms with E-state index < -0.39 is 0 Å². The van der Waals surface area contributed by atoms with Crippen LogP contribution in [0.15, 0.2) is 41.0 Å². The summed E-state index contributed by atoms with van der Waals surface area (Å²) >= 11 is 0. The van der Waals surface area contributed by atoms with Crippen molar-refractivity contribution in [2.45, 2.75) is 13.0 Å². The summed E-state index contributed by atoms with van der Waals surface area (Å²) in [6, 6.07) is 10.6. The van der Waals surface area contributed by atoms with Crippen molar-refractivity contribution in [3.05, 3.63) is 47.9 Å². The second-order valence-electron chi connectivity index (χ2n) is 4.78. The van der Waals surface area contributed by atoms with E-state index in [9.17, 15) is 4.79 Å². The van der Waals surface area contributed by atoms with Gasteiger partial charge in [-0.15, -0.1) is 0 Å². The molecule has 120 valence electrons. The maximum atomic E-state index is 12.7. The number of rotatable bonds is 7. The number of hydrogen-bond acceptors (Lipinski definition) is 5. The van der Waals surface area contributed by atoms with Gasteiger partial charge in [-0.3, -0.25) is 4.79 Å². The number of methoxy groups -OCH3 is 2. The van der Waals surface area contributed by atoms with Crippen LogP contribution in [0.3, 0.4) is 0 Å². The molecule has 0 saturated carbocycles. The first-order chi connectivity index (χ1) is 11.2. The van der Waals surface area contributed by atoms with Crippen molar-refractivity contribution in [1.29, 1.82) is 5.26 Å². The standard InChI is InChI=1S/C17H18N2O4/c1-21-15-7-6-13(11-16(15)22-2)17(20)19(9-4-8-18)12-14-5-3-10-23-14/h3,5-7,10-11H,4,9,12H2,1-2H3. The van der Waals surface area contributed by atoms with Gasteiger partial charge in [-0.05, 0) is 30.3 Å². The van der Waals surface area contributed by atoms with E-state index in [0.29, 0.717) is 35.9 Å². The topological polar surface area (TPSA) is 75.7 Å². The average molecular weight is 314 g/mol. The lowest BCUT2D eigenvalue weighted by atomic mass is 10.1. The molecule has 0 radical (unpaired) electrons. The van der Waals surface area contributed by atoms with E-state index in [1.54, 1.807) is 41.5 Å². The molecule has 1 amide bonds. The second kappa shape index (κ2) is 7.90. The van der Waals surface area contributed by atoms with Crippen molar-refractivity contribution in [3.8, 4) is 17.6 Å². The minimum absolute atomic E-state index is 0.197. The Morgan fingerprint density at radius 2 is 2.04 bits per heavy atom. The van der Waals surface area contributed by atoms with Gasteiger partial charge in [0, 0.05) is 12.1 Å². The van der Waals surface area contributed by atoms with Gasteiger partial charge in [-0.2, -0.15) is 5.26 Å². The SMILES string of the molecule is COc1ccc(C(=O)N(CCC#N)Cc2ccco2)cc1OC. The van der Waals surface area contributed by atoms with Gasteiger partial charge in [0.05, 0.1) is 39.5 Å². The van der Waals surface area contributed by atoms with E-state index in [4.69, 9.17) is 19.2 Å². The van der Waals surface area contributed by atoms with E-state index in [1.807, 2.05) is 0 Å². The van der Waals surface area contributed by atoms with E-state index in [2.05, 4.69) is 6.07 Å². The predicted octanol–water partition coefficient (Wildman–Crippen LogP) is 2.85. The van der Waals surface area contributed by atoms with Crippen LogP contribution in [-0.4, -0.2) is 31.6 Å². The molecule has 0 aliphatic carbocycles. The van der Waals surface area contributed by atoms with Crippen LogP contribution in [0.1, 0.15) is 22.5 Å². The van der Waals surface area contributed by atoms with Gasteiger partial charge in [0.15, 0.2) is 11.5 Å². The summed E-state index contributed by atoms with van der Waals surface area (Å²) in [4.78, 5) is 14.3. The fourth-order valence-corrected chi connectivity index (χ4v) is 2.18. The first-order valence-corrected chi connectivity index (χ1v) is 7.10. The molecule has 1 aromatic carbocycles. The molecule has 0 fully saturated rings. The van der Waals surface area contributed by atoms with Crippen molar-refractivity contribution in [1.82, 2.24) is 4.90 Å². The molecule has 1 heterocycles. The van der Waals surface area contributed by atoms with Gasteiger partial charge >= 0.3 is 0 Å². The molecule has 0 N–H and O–H groups in total. The zero-order valence-corrected chi connectivity index (χ0v) is 13.1. The monoisotopic (exact) mass is 314 g/mol. The molecule has 1 aromatic heterocycles. The number of carbonyl (C=O) groups is 1. The van der Waals surface area contributed by atoms with Gasteiger partial charge in [0.2, 0.25) is 0 Å². The Balaban J connectivity index is 2.23. The maximum absolute atomic E-state index is 12.7. The molecule has 0 aliphatic rings. The van der Waals surface area contributed by atoms with Gasteiger partial charge < -0.3 is 18.8 Å². The van der Waals surface area contributed by atoms with Crippen LogP contribution in [0.2, 0.25) is 0 Å². The molecular weight excluding hydrogens is 296 g/mol. The maximum Gasteiger partial charge on any atom is 0.254 e. The fraction of sp³-hybridized carbons (Fsp3) is 0.294. The summed E-state index contributed by atoms with van der Waals surface area (Å²) in [6.07, 6.45) is 1.80. The summed E-state index contributed by atoms with van der Waals surface area (Å²) in [7, 11) is 3.05. The van der Waals surface area contributed by atoms with Gasteiger partial charge in [-0.25, -0.2) is 0 Å². The molecule has 0 unspecified atom stereocenters. The van der Waals surface area contributed by atoms with E-state index in [-0.39, 0.29) is 12.3 Å². The molecule has 6 nitrogen and oxygen atoms in total. The Morgan fingerprint density at radius 1 is 1.26 bits per heavy atom. The molecule has 0 aliphatic heterocycles. The molecule has 0 bridgehead atoms. The molecular formula is C17H18N2O4. The molecule has 2 rings (SSSR count). The lowest BCUT2D eigenvalue weighted by Crippen LogP contribution is -2.31. The summed E-state index contributed by atoms with van der Waals surface area (Å²) < 4.78 is 15.7. The second-order valence-corrected chi connectivity index (χ2v) is 4.78. The summed E-state index contributed by atoms with van der Waals surface area (Å²) in [5, 5.41) is 8.80. The Labute approximate surface area is 134 Å². The van der Waals surface area contributed by atoms with Crippen LogP contribution < -0.4 is 9.47 Å². The quantitative estimate of drug-likeness (QED) is 0.785. The van der Waals surface area contributed by atoms with Crippen molar-refractivity contribution in [2.24, 2.45) is 0 Å². The van der Waals surface area contributed by atoms with Crippen molar-refractivity contribution < 1.29 is 18.7 Å². The van der Waals surface area contributed by atoms with Crippen LogP contribution in [0, 0.1) is 11.3 Å². The van der Waals surface area contributed by atoms with Gasteiger partial charge in [-0.1, -0.05) is 0 Å². The number of carbonyl (C=O) groups excluding carboxylic acids is 1. The first kappa shape index (κ1) is 16.4. The minimum atomic E-state index is -0.197. The zero-order chi connectivity index (χ0) is 16.7. The van der Waals surface area contributed by atoms with Crippen LogP contribution >= 0.6 is 0 Å². The zero-order valence-electron chi connectivity index (χ0n) is 13.1. The largest absolute Gasteiger partial charge is 0.493 e. The smallest absolute Gasteiger partial charge is 0.254 e. The highest BCUT2D eigenvalue weighted by Gasteiger charge is 2.19. The lowest BCUT2D eigenvalue weighted by molar-refractivity contribution is 0.0735. The highest BCUT2D eigenvalue weighted by molar-refractivity contribution is 5.94. The third-order valence-electron chi connectivity index (χ3n) is 3.34. The van der Waals surface area contributed by atoms with Gasteiger partial charge in [0.1, 0.15) is 5.76 Å². The van der Waals surface area contributed by atoms with Crippen LogP contribution in [0.5, 0.6) is 11.5 Å². The third kappa shape index (κ3) is 4.04. The van der Waals surface area contributed by atoms with Crippen molar-refractivity contribution >= 4 is 5.91 Å². The summed E-state index contributed by atoms with van der Waals surface area (Å²) in [5.74, 6) is 1.50. The number of nitriles is 1. The molecule has 2 aromatic rings. The number of furan rings is 1. The van der Waals surface area contributed by atoms with Crippen LogP contribution in [0.4, 0.5) is 0 Å². The Bertz CT molecular complexity index is 689. The Kier molecular flexibility index (Phi) is 5.64. The number of amides is 1. The Hall–Kier alpha value is -2.94. The normalized spacial score (nSPS) is 9.96. The van der Waals surface area contributed by atoms with E-state index in [0.717, 1.165) is 0 Å². The molecule has 6 heteroatoms. The van der Waals surface area contributed by atoms with Crippen LogP contribution in [-0.2, 0) is 6.54 Å². The summed E-state index contributed by atoms with van der Waals surface area (Å²) in [6.45, 7) is 0.631. The average Bonchev–Trinajstić information content (AvgIpc) is 3.10. The summed E-state index contributed by atoms with van der Waals surface area (Å²) in [5.41, 5.74) is 0.465. The lowest BCUT2D eigenvalue weighted by Gasteiger charge is -2.21. The number of hydrogen-bond donors (Lipinski definition) is 0. The number of benzene rings is 1. The molecule has 23 heavy (non-hydrogen) atoms. The van der Waals surface area contributed by atoms with Crippen molar-refractivity contribution in [3.63, 3.8) is 0 Å². The van der Waals surface area contributed by atoms with Crippen molar-refractivity contribution in [2.75, 3.05) is 20.8 Å².